The van der Waals surface area contributed by atoms with E-state index in [4.69, 9.17) is 9.89 Å². The number of carbonyl (C=O) groups is 1. The minimum atomic E-state index is -4.37. The van der Waals surface area contributed by atoms with E-state index in [-0.39, 0.29) is 11.9 Å². The van der Waals surface area contributed by atoms with Crippen LogP contribution in [-0.4, -0.2) is 26.2 Å². The van der Waals surface area contributed by atoms with Gasteiger partial charge in [-0.15, -0.1) is 0 Å². The van der Waals surface area contributed by atoms with Gasteiger partial charge in [0.25, 0.3) is 0 Å². The maximum atomic E-state index is 13.2. The summed E-state index contributed by atoms with van der Waals surface area (Å²) in [5.74, 6) is 1.46. The van der Waals surface area contributed by atoms with Crippen LogP contribution in [0.15, 0.2) is 67.1 Å². The zero-order valence-corrected chi connectivity index (χ0v) is 21.8. The van der Waals surface area contributed by atoms with E-state index in [1.165, 1.54) is 12.1 Å². The summed E-state index contributed by atoms with van der Waals surface area (Å²) < 4.78 is 41.4. The molecule has 0 unspecified atom stereocenters. The molecule has 2 heterocycles. The minimum Gasteiger partial charge on any atom is -0.372 e. The average molecular weight is 525 g/mol. The molecule has 0 aliphatic carbocycles. The van der Waals surface area contributed by atoms with Crippen LogP contribution in [0.2, 0.25) is 0 Å². The number of aryl methyl sites for hydroxylation is 3. The molecule has 0 spiro atoms. The number of anilines is 2. The number of carbonyl (C=O) groups excluding carboxylic acids is 1. The third-order valence-corrected chi connectivity index (χ3v) is 5.74. The summed E-state index contributed by atoms with van der Waals surface area (Å²) in [6, 6.07) is 13.3. The van der Waals surface area contributed by atoms with Gasteiger partial charge < -0.3 is 11.1 Å². The second-order valence-corrected chi connectivity index (χ2v) is 9.68. The molecule has 0 aliphatic heterocycles. The molecule has 0 bridgehead atoms. The molecule has 0 atom stereocenters. The lowest BCUT2D eigenvalue weighted by Crippen LogP contribution is -2.24. The second kappa shape index (κ2) is 11.9. The lowest BCUT2D eigenvalue weighted by atomic mass is 9.96. The number of hydrogen-bond acceptors (Lipinski definition) is 5. The highest BCUT2D eigenvalue weighted by Gasteiger charge is 2.30. The van der Waals surface area contributed by atoms with E-state index < -0.39 is 11.7 Å². The highest BCUT2D eigenvalue weighted by molar-refractivity contribution is 5.66. The summed E-state index contributed by atoms with van der Waals surface area (Å²) in [4.78, 5) is 17.0. The second-order valence-electron chi connectivity index (χ2n) is 9.68. The van der Waals surface area contributed by atoms with Gasteiger partial charge in [-0.05, 0) is 74.9 Å². The normalized spacial score (nSPS) is 11.4. The lowest BCUT2D eigenvalue weighted by Gasteiger charge is -2.22. The van der Waals surface area contributed by atoms with Crippen molar-refractivity contribution < 1.29 is 18.0 Å². The van der Waals surface area contributed by atoms with Crippen LogP contribution in [0.4, 0.5) is 24.8 Å². The Hall–Kier alpha value is -4.21. The molecule has 38 heavy (non-hydrogen) atoms. The third-order valence-electron chi connectivity index (χ3n) is 5.74. The first kappa shape index (κ1) is 28.4. The van der Waals surface area contributed by atoms with Crippen molar-refractivity contribution in [3.8, 4) is 11.1 Å². The quantitative estimate of drug-likeness (QED) is 0.299. The Bertz CT molecular complexity index is 1360. The Morgan fingerprint density at radius 1 is 1.00 bits per heavy atom. The number of alkyl halides is 3. The van der Waals surface area contributed by atoms with Gasteiger partial charge in [0, 0.05) is 18.5 Å². The number of halogens is 3. The summed E-state index contributed by atoms with van der Waals surface area (Å²) in [5.41, 5.74) is 7.67. The zero-order chi connectivity index (χ0) is 27.9. The molecular formula is C28H31F3N6O. The van der Waals surface area contributed by atoms with Crippen LogP contribution in [0, 0.1) is 6.92 Å². The van der Waals surface area contributed by atoms with Gasteiger partial charge in [0.15, 0.2) is 0 Å². The lowest BCUT2D eigenvalue weighted by molar-refractivity contribution is -0.137. The molecule has 0 radical (unpaired) electrons. The monoisotopic (exact) mass is 524 g/mol. The molecule has 2 aromatic carbocycles. The van der Waals surface area contributed by atoms with Crippen molar-refractivity contribution >= 4 is 18.0 Å². The number of nitrogens with two attached hydrogens (primary N) is 1. The molecule has 7 nitrogen and oxygen atoms in total. The molecule has 4 aromatic rings. The van der Waals surface area contributed by atoms with E-state index in [9.17, 15) is 13.2 Å². The fourth-order valence-electron chi connectivity index (χ4n) is 3.91. The van der Waals surface area contributed by atoms with Crippen LogP contribution in [0.1, 0.15) is 43.2 Å². The Labute approximate surface area is 219 Å². The van der Waals surface area contributed by atoms with Crippen molar-refractivity contribution in [2.45, 2.75) is 52.3 Å². The van der Waals surface area contributed by atoms with E-state index >= 15 is 0 Å². The van der Waals surface area contributed by atoms with E-state index in [2.05, 4.69) is 41.8 Å². The fourth-order valence-corrected chi connectivity index (χ4v) is 3.91. The summed E-state index contributed by atoms with van der Waals surface area (Å²) in [7, 11) is 0. The highest BCUT2D eigenvalue weighted by atomic mass is 19.4. The maximum Gasteiger partial charge on any atom is 0.416 e. The van der Waals surface area contributed by atoms with Crippen molar-refractivity contribution in [3.05, 3.63) is 89.5 Å². The molecule has 3 N–H and O–H groups in total. The predicted octanol–water partition coefficient (Wildman–Crippen LogP) is 6.05. The Balaban J connectivity index is 0.00000127. The van der Waals surface area contributed by atoms with Gasteiger partial charge in [0.1, 0.15) is 11.6 Å². The summed E-state index contributed by atoms with van der Waals surface area (Å²) in [6.07, 6.45) is 2.18. The largest absolute Gasteiger partial charge is 0.416 e. The van der Waals surface area contributed by atoms with E-state index in [1.807, 2.05) is 35.9 Å². The summed E-state index contributed by atoms with van der Waals surface area (Å²) in [6.45, 7) is 8.25. The summed E-state index contributed by atoms with van der Waals surface area (Å²) in [5, 5.41) is 8.11. The number of rotatable bonds is 6. The Kier molecular flexibility index (Phi) is 8.88. The number of benzene rings is 2. The van der Waals surface area contributed by atoms with Crippen molar-refractivity contribution in [2.24, 2.45) is 5.73 Å². The SMILES string of the molecule is Cc1ccc(-c2cccc(C(F)(F)F)c2)cc1CCc1cc(Nc2cnccn2)n(C(C)(C)C)n1.NC=O. The van der Waals surface area contributed by atoms with Crippen molar-refractivity contribution in [1.29, 1.82) is 0 Å². The standard InChI is InChI=1S/C27H28F3N5.CH3NO/c1-18-8-9-21(20-6-5-7-22(15-20)27(28,29)30)14-19(18)10-11-23-16-25(35(34-23)26(2,3)4)33-24-17-31-12-13-32-24;2-1-3/h5-9,12-17H,10-11H2,1-4H3,(H,32,33);1H,(H2,2,3). The third kappa shape index (κ3) is 7.41. The Morgan fingerprint density at radius 2 is 1.71 bits per heavy atom. The topological polar surface area (TPSA) is 98.7 Å². The van der Waals surface area contributed by atoms with Crippen LogP contribution in [0.25, 0.3) is 11.1 Å². The van der Waals surface area contributed by atoms with E-state index in [1.54, 1.807) is 24.7 Å². The van der Waals surface area contributed by atoms with Crippen molar-refractivity contribution in [3.63, 3.8) is 0 Å². The molecule has 1 amide bonds. The number of amides is 1. The maximum absolute atomic E-state index is 13.2. The van der Waals surface area contributed by atoms with Gasteiger partial charge in [-0.2, -0.15) is 18.3 Å². The molecule has 4 rings (SSSR count). The van der Waals surface area contributed by atoms with Crippen molar-refractivity contribution in [2.75, 3.05) is 5.32 Å². The molecule has 0 saturated carbocycles. The average Bonchev–Trinajstić information content (AvgIpc) is 3.27. The van der Waals surface area contributed by atoms with Crippen LogP contribution in [-0.2, 0) is 29.4 Å². The number of nitrogens with zero attached hydrogens (tertiary/aromatic N) is 4. The first-order valence-electron chi connectivity index (χ1n) is 12.0. The van der Waals surface area contributed by atoms with Gasteiger partial charge in [-0.3, -0.25) is 9.78 Å². The molecule has 10 heteroatoms. The van der Waals surface area contributed by atoms with Crippen LogP contribution < -0.4 is 11.1 Å². The first-order chi connectivity index (χ1) is 17.9. The summed E-state index contributed by atoms with van der Waals surface area (Å²) >= 11 is 0. The predicted molar refractivity (Wildman–Crippen MR) is 142 cm³/mol. The van der Waals surface area contributed by atoms with Gasteiger partial charge in [-0.25, -0.2) is 9.67 Å². The number of primary amides is 1. The fraction of sp³-hybridized carbons (Fsp3) is 0.286. The number of nitrogens with one attached hydrogen (secondary N) is 1. The molecule has 2 aromatic heterocycles. The van der Waals surface area contributed by atoms with Crippen LogP contribution in [0.5, 0.6) is 0 Å². The van der Waals surface area contributed by atoms with Crippen molar-refractivity contribution in [1.82, 2.24) is 19.7 Å². The molecular weight excluding hydrogens is 493 g/mol. The molecule has 0 saturated heterocycles. The first-order valence-corrected chi connectivity index (χ1v) is 12.0. The minimum absolute atomic E-state index is 0.248. The van der Waals surface area contributed by atoms with Gasteiger partial charge in [0.2, 0.25) is 6.41 Å². The van der Waals surface area contributed by atoms with Gasteiger partial charge in [-0.1, -0.05) is 30.3 Å². The molecule has 0 fully saturated rings. The zero-order valence-electron chi connectivity index (χ0n) is 21.8. The number of hydrogen-bond donors (Lipinski definition) is 2. The smallest absolute Gasteiger partial charge is 0.372 e. The van der Waals surface area contributed by atoms with Gasteiger partial charge in [0.05, 0.1) is 23.0 Å². The number of aromatic nitrogens is 4. The Morgan fingerprint density at radius 3 is 2.34 bits per heavy atom. The molecule has 200 valence electrons. The highest BCUT2D eigenvalue weighted by Crippen LogP contribution is 2.33. The van der Waals surface area contributed by atoms with Gasteiger partial charge >= 0.3 is 6.18 Å². The molecule has 0 aliphatic rings. The van der Waals surface area contributed by atoms with Crippen LogP contribution >= 0.6 is 0 Å². The van der Waals surface area contributed by atoms with E-state index in [0.29, 0.717) is 24.2 Å². The van der Waals surface area contributed by atoms with E-state index in [0.717, 1.165) is 34.3 Å². The van der Waals surface area contributed by atoms with Crippen LogP contribution in [0.3, 0.4) is 0 Å².